The highest BCUT2D eigenvalue weighted by Crippen LogP contribution is 2.37. The normalized spacial score (nSPS) is 12.2. The summed E-state index contributed by atoms with van der Waals surface area (Å²) in [7, 11) is 3.30. The van der Waals surface area contributed by atoms with E-state index in [0.717, 1.165) is 28.2 Å². The van der Waals surface area contributed by atoms with E-state index in [-0.39, 0.29) is 6.04 Å². The summed E-state index contributed by atoms with van der Waals surface area (Å²) in [5.41, 5.74) is 9.36. The van der Waals surface area contributed by atoms with Crippen molar-refractivity contribution in [3.8, 4) is 11.5 Å². The quantitative estimate of drug-likeness (QED) is 0.921. The van der Waals surface area contributed by atoms with Gasteiger partial charge in [-0.1, -0.05) is 0 Å². The summed E-state index contributed by atoms with van der Waals surface area (Å²) in [6.07, 6.45) is 0. The SMILES string of the molecule is COc1cc(C)cc(OC)c1[C@@H](N)c1ccsc1. The number of aryl methyl sites for hydroxylation is 1. The van der Waals surface area contributed by atoms with Gasteiger partial charge in [0.05, 0.1) is 25.8 Å². The molecule has 1 atom stereocenters. The number of rotatable bonds is 4. The Morgan fingerprint density at radius 1 is 1.17 bits per heavy atom. The summed E-state index contributed by atoms with van der Waals surface area (Å²) in [6, 6.07) is 5.74. The number of thiophene rings is 1. The van der Waals surface area contributed by atoms with Crippen LogP contribution in [0.15, 0.2) is 29.0 Å². The van der Waals surface area contributed by atoms with Crippen LogP contribution in [-0.4, -0.2) is 14.2 Å². The van der Waals surface area contributed by atoms with Gasteiger partial charge in [0, 0.05) is 0 Å². The number of methoxy groups -OCH3 is 2. The zero-order valence-electron chi connectivity index (χ0n) is 10.8. The van der Waals surface area contributed by atoms with Gasteiger partial charge in [-0.05, 0) is 47.0 Å². The first kappa shape index (κ1) is 12.9. The predicted molar refractivity (Wildman–Crippen MR) is 74.6 cm³/mol. The molecule has 0 spiro atoms. The average Bonchev–Trinajstić information content (AvgIpc) is 2.90. The van der Waals surface area contributed by atoms with Crippen molar-refractivity contribution in [2.24, 2.45) is 5.73 Å². The molecule has 1 aromatic carbocycles. The van der Waals surface area contributed by atoms with Crippen molar-refractivity contribution in [3.05, 3.63) is 45.6 Å². The highest BCUT2D eigenvalue weighted by atomic mass is 32.1. The predicted octanol–water partition coefficient (Wildman–Crippen LogP) is 3.12. The van der Waals surface area contributed by atoms with Gasteiger partial charge in [-0.2, -0.15) is 11.3 Å². The van der Waals surface area contributed by atoms with Crippen LogP contribution in [0, 0.1) is 6.92 Å². The van der Waals surface area contributed by atoms with Crippen LogP contribution < -0.4 is 15.2 Å². The maximum absolute atomic E-state index is 6.31. The summed E-state index contributed by atoms with van der Waals surface area (Å²) in [4.78, 5) is 0. The molecule has 3 nitrogen and oxygen atoms in total. The average molecular weight is 263 g/mol. The fourth-order valence-electron chi connectivity index (χ4n) is 2.00. The molecule has 0 bridgehead atoms. The first-order chi connectivity index (χ1) is 8.67. The minimum atomic E-state index is -0.234. The third-order valence-electron chi connectivity index (χ3n) is 2.90. The lowest BCUT2D eigenvalue weighted by Crippen LogP contribution is -2.14. The Balaban J connectivity index is 2.54. The molecule has 1 heterocycles. The van der Waals surface area contributed by atoms with Crippen LogP contribution in [0.3, 0.4) is 0 Å². The lowest BCUT2D eigenvalue weighted by atomic mass is 9.98. The lowest BCUT2D eigenvalue weighted by molar-refractivity contribution is 0.382. The Bertz CT molecular complexity index is 498. The Labute approximate surface area is 111 Å². The summed E-state index contributed by atoms with van der Waals surface area (Å²) >= 11 is 1.63. The van der Waals surface area contributed by atoms with Crippen molar-refractivity contribution in [2.75, 3.05) is 14.2 Å². The monoisotopic (exact) mass is 263 g/mol. The molecule has 4 heteroatoms. The van der Waals surface area contributed by atoms with Crippen molar-refractivity contribution in [3.63, 3.8) is 0 Å². The second-order valence-electron chi connectivity index (χ2n) is 4.12. The van der Waals surface area contributed by atoms with E-state index in [1.54, 1.807) is 25.6 Å². The molecular formula is C14H17NO2S. The summed E-state index contributed by atoms with van der Waals surface area (Å²) in [5, 5.41) is 4.06. The van der Waals surface area contributed by atoms with Gasteiger partial charge in [0.2, 0.25) is 0 Å². The molecule has 0 aliphatic heterocycles. The van der Waals surface area contributed by atoms with Crippen LogP contribution in [0.4, 0.5) is 0 Å². The zero-order chi connectivity index (χ0) is 13.1. The molecule has 0 radical (unpaired) electrons. The van der Waals surface area contributed by atoms with Crippen LogP contribution >= 0.6 is 11.3 Å². The minimum absolute atomic E-state index is 0.234. The zero-order valence-corrected chi connectivity index (χ0v) is 11.6. The molecule has 0 unspecified atom stereocenters. The van der Waals surface area contributed by atoms with Crippen LogP contribution in [0.2, 0.25) is 0 Å². The first-order valence-corrected chi connectivity index (χ1v) is 6.62. The molecule has 0 fully saturated rings. The molecule has 18 heavy (non-hydrogen) atoms. The molecular weight excluding hydrogens is 246 g/mol. The fourth-order valence-corrected chi connectivity index (χ4v) is 2.69. The van der Waals surface area contributed by atoms with E-state index < -0.39 is 0 Å². The van der Waals surface area contributed by atoms with Gasteiger partial charge in [-0.15, -0.1) is 0 Å². The molecule has 0 amide bonds. The van der Waals surface area contributed by atoms with Crippen LogP contribution in [0.25, 0.3) is 0 Å². The molecule has 2 aromatic rings. The van der Waals surface area contributed by atoms with Gasteiger partial charge in [0.25, 0.3) is 0 Å². The van der Waals surface area contributed by atoms with Crippen molar-refractivity contribution < 1.29 is 9.47 Å². The van der Waals surface area contributed by atoms with Crippen LogP contribution in [0.5, 0.6) is 11.5 Å². The van der Waals surface area contributed by atoms with Crippen LogP contribution in [0.1, 0.15) is 22.7 Å². The van der Waals surface area contributed by atoms with Gasteiger partial charge < -0.3 is 15.2 Å². The molecule has 0 saturated heterocycles. The van der Waals surface area contributed by atoms with Gasteiger partial charge in [-0.25, -0.2) is 0 Å². The van der Waals surface area contributed by atoms with E-state index in [1.165, 1.54) is 0 Å². The highest BCUT2D eigenvalue weighted by molar-refractivity contribution is 7.08. The third kappa shape index (κ3) is 2.35. The third-order valence-corrected chi connectivity index (χ3v) is 3.60. The fraction of sp³-hybridized carbons (Fsp3) is 0.286. The number of hydrogen-bond donors (Lipinski definition) is 1. The first-order valence-electron chi connectivity index (χ1n) is 5.67. The second-order valence-corrected chi connectivity index (χ2v) is 4.90. The van der Waals surface area contributed by atoms with E-state index in [0.29, 0.717) is 0 Å². The maximum Gasteiger partial charge on any atom is 0.127 e. The van der Waals surface area contributed by atoms with E-state index in [2.05, 4.69) is 0 Å². The van der Waals surface area contributed by atoms with E-state index in [1.807, 2.05) is 35.9 Å². The second kappa shape index (κ2) is 5.42. The number of benzene rings is 1. The molecule has 2 N–H and O–H groups in total. The number of hydrogen-bond acceptors (Lipinski definition) is 4. The van der Waals surface area contributed by atoms with Crippen molar-refractivity contribution in [1.29, 1.82) is 0 Å². The molecule has 0 aliphatic rings. The summed E-state index contributed by atoms with van der Waals surface area (Å²) in [5.74, 6) is 1.54. The van der Waals surface area contributed by atoms with Crippen molar-refractivity contribution >= 4 is 11.3 Å². The Morgan fingerprint density at radius 3 is 2.22 bits per heavy atom. The molecule has 0 saturated carbocycles. The molecule has 2 rings (SSSR count). The smallest absolute Gasteiger partial charge is 0.127 e. The number of nitrogens with two attached hydrogens (primary N) is 1. The Morgan fingerprint density at radius 2 is 1.78 bits per heavy atom. The largest absolute Gasteiger partial charge is 0.496 e. The van der Waals surface area contributed by atoms with Crippen molar-refractivity contribution in [2.45, 2.75) is 13.0 Å². The Hall–Kier alpha value is -1.52. The number of ether oxygens (including phenoxy) is 2. The minimum Gasteiger partial charge on any atom is -0.496 e. The standard InChI is InChI=1S/C14H17NO2S/c1-9-6-11(16-2)13(12(7-9)17-3)14(15)10-4-5-18-8-10/h4-8,14H,15H2,1-3H3/t14-/m0/s1. The Kier molecular flexibility index (Phi) is 3.89. The topological polar surface area (TPSA) is 44.5 Å². The van der Waals surface area contributed by atoms with E-state index in [9.17, 15) is 0 Å². The van der Waals surface area contributed by atoms with Gasteiger partial charge in [0.15, 0.2) is 0 Å². The van der Waals surface area contributed by atoms with E-state index in [4.69, 9.17) is 15.2 Å². The van der Waals surface area contributed by atoms with Gasteiger partial charge >= 0.3 is 0 Å². The summed E-state index contributed by atoms with van der Waals surface area (Å²) in [6.45, 7) is 2.00. The molecule has 0 aliphatic carbocycles. The van der Waals surface area contributed by atoms with Gasteiger partial charge in [0.1, 0.15) is 11.5 Å². The van der Waals surface area contributed by atoms with Crippen LogP contribution in [-0.2, 0) is 0 Å². The lowest BCUT2D eigenvalue weighted by Gasteiger charge is -2.19. The summed E-state index contributed by atoms with van der Waals surface area (Å²) < 4.78 is 10.9. The van der Waals surface area contributed by atoms with Crippen molar-refractivity contribution in [1.82, 2.24) is 0 Å². The molecule has 1 aromatic heterocycles. The highest BCUT2D eigenvalue weighted by Gasteiger charge is 2.20. The van der Waals surface area contributed by atoms with E-state index >= 15 is 0 Å². The molecule has 96 valence electrons. The maximum atomic E-state index is 6.31. The van der Waals surface area contributed by atoms with Gasteiger partial charge in [-0.3, -0.25) is 0 Å².